The van der Waals surface area contributed by atoms with Crippen molar-refractivity contribution in [1.29, 1.82) is 0 Å². The Morgan fingerprint density at radius 2 is 1.88 bits per heavy atom. The van der Waals surface area contributed by atoms with E-state index < -0.39 is 6.23 Å². The number of fused-ring (bicyclic) bond motifs is 1. The highest BCUT2D eigenvalue weighted by Gasteiger charge is 2.28. The van der Waals surface area contributed by atoms with E-state index in [2.05, 4.69) is 5.32 Å². The molecule has 2 aromatic rings. The van der Waals surface area contributed by atoms with Crippen molar-refractivity contribution in [2.24, 2.45) is 0 Å². The van der Waals surface area contributed by atoms with Crippen molar-refractivity contribution in [3.05, 3.63) is 59.7 Å². The summed E-state index contributed by atoms with van der Waals surface area (Å²) in [6.07, 6.45) is 0.0115. The Morgan fingerprint density at radius 3 is 2.60 bits per heavy atom. The number of carbonyl (C=O) groups is 1. The van der Waals surface area contributed by atoms with Gasteiger partial charge in [0.1, 0.15) is 0 Å². The first-order valence-corrected chi connectivity index (χ1v) is 8.27. The number of nitrogens with one attached hydrogen (secondary N) is 1. The third-order valence-electron chi connectivity index (χ3n) is 4.14. The van der Waals surface area contributed by atoms with Crippen LogP contribution < -0.4 is 14.8 Å². The molecule has 0 saturated heterocycles. The number of ether oxygens (including phenoxy) is 3. The van der Waals surface area contributed by atoms with E-state index >= 15 is 0 Å². The average Bonchev–Trinajstić information content (AvgIpc) is 3.07. The van der Waals surface area contributed by atoms with E-state index in [1.54, 1.807) is 12.1 Å². The van der Waals surface area contributed by atoms with Crippen LogP contribution in [0.3, 0.4) is 0 Å². The Morgan fingerprint density at radius 1 is 1.16 bits per heavy atom. The minimum Gasteiger partial charge on any atom is -0.454 e. The molecule has 3 rings (SSSR count). The zero-order valence-electron chi connectivity index (χ0n) is 14.7. The predicted octanol–water partition coefficient (Wildman–Crippen LogP) is 3.18. The van der Waals surface area contributed by atoms with Crippen molar-refractivity contribution in [2.75, 3.05) is 13.9 Å². The molecule has 0 fully saturated rings. The maximum Gasteiger partial charge on any atom is 0.231 e. The van der Waals surface area contributed by atoms with Gasteiger partial charge >= 0.3 is 0 Å². The summed E-state index contributed by atoms with van der Waals surface area (Å²) in [6, 6.07) is 15.1. The molecule has 0 saturated carbocycles. The molecule has 1 atom stereocenters. The molecule has 25 heavy (non-hydrogen) atoms. The average molecular weight is 341 g/mol. The molecule has 132 valence electrons. The number of methoxy groups -OCH3 is 1. The van der Waals surface area contributed by atoms with E-state index in [0.717, 1.165) is 17.1 Å². The third kappa shape index (κ3) is 4.18. The molecule has 2 aromatic carbocycles. The molecular weight excluding hydrogens is 318 g/mol. The Hall–Kier alpha value is -2.37. The summed E-state index contributed by atoms with van der Waals surface area (Å²) >= 11 is 0. The molecule has 0 aliphatic carbocycles. The Labute approximate surface area is 147 Å². The van der Waals surface area contributed by atoms with Crippen LogP contribution in [-0.2, 0) is 11.2 Å². The Kier molecular flexibility index (Phi) is 5.06. The second kappa shape index (κ2) is 7.25. The molecule has 0 radical (unpaired) electrons. The molecule has 1 aliphatic heterocycles. The van der Waals surface area contributed by atoms with Crippen LogP contribution in [0.1, 0.15) is 29.8 Å². The summed E-state index contributed by atoms with van der Waals surface area (Å²) in [7, 11) is 1.54. The number of rotatable bonds is 7. The molecule has 0 spiro atoms. The van der Waals surface area contributed by atoms with Crippen molar-refractivity contribution in [3.8, 4) is 11.5 Å². The smallest absolute Gasteiger partial charge is 0.231 e. The molecule has 1 unspecified atom stereocenters. The fourth-order valence-corrected chi connectivity index (χ4v) is 2.95. The summed E-state index contributed by atoms with van der Waals surface area (Å²) in [5, 5.41) is 3.31. The van der Waals surface area contributed by atoms with Crippen LogP contribution >= 0.6 is 0 Å². The number of benzene rings is 2. The van der Waals surface area contributed by atoms with Crippen LogP contribution in [0.25, 0.3) is 0 Å². The van der Waals surface area contributed by atoms with Crippen LogP contribution in [0.15, 0.2) is 48.5 Å². The van der Waals surface area contributed by atoms with Crippen LogP contribution in [0, 0.1) is 0 Å². The molecule has 5 heteroatoms. The van der Waals surface area contributed by atoms with Crippen LogP contribution in [0.5, 0.6) is 11.5 Å². The standard InChI is InChI=1S/C20H23NO4/c1-20(2,12-14-9-10-16-17(11-14)25-13-24-16)21-19(23-3)18(22)15-7-5-4-6-8-15/h4-11,19,21H,12-13H2,1-3H3. The van der Waals surface area contributed by atoms with Gasteiger partial charge in [0.05, 0.1) is 0 Å². The van der Waals surface area contributed by atoms with Gasteiger partial charge in [-0.3, -0.25) is 10.1 Å². The second-order valence-electron chi connectivity index (χ2n) is 6.74. The summed E-state index contributed by atoms with van der Waals surface area (Å²) in [5.41, 5.74) is 1.38. The summed E-state index contributed by atoms with van der Waals surface area (Å²) in [4.78, 5) is 12.6. The van der Waals surface area contributed by atoms with Crippen molar-refractivity contribution in [1.82, 2.24) is 5.32 Å². The minimum atomic E-state index is -0.702. The van der Waals surface area contributed by atoms with Crippen molar-refractivity contribution < 1.29 is 19.0 Å². The number of hydrogen-bond donors (Lipinski definition) is 1. The van der Waals surface area contributed by atoms with Gasteiger partial charge in [-0.25, -0.2) is 0 Å². The number of hydrogen-bond acceptors (Lipinski definition) is 5. The fourth-order valence-electron chi connectivity index (χ4n) is 2.95. The van der Waals surface area contributed by atoms with Gasteiger partial charge in [-0.2, -0.15) is 0 Å². The summed E-state index contributed by atoms with van der Waals surface area (Å²) < 4.78 is 16.2. The maximum absolute atomic E-state index is 12.6. The van der Waals surface area contributed by atoms with E-state index in [4.69, 9.17) is 14.2 Å². The lowest BCUT2D eigenvalue weighted by Gasteiger charge is -2.31. The Balaban J connectivity index is 1.69. The van der Waals surface area contributed by atoms with Gasteiger partial charge in [-0.15, -0.1) is 0 Å². The highest BCUT2D eigenvalue weighted by atomic mass is 16.7. The normalized spacial score (nSPS) is 14.4. The third-order valence-corrected chi connectivity index (χ3v) is 4.14. The highest BCUT2D eigenvalue weighted by molar-refractivity contribution is 5.99. The molecule has 1 N–H and O–H groups in total. The quantitative estimate of drug-likeness (QED) is 0.619. The van der Waals surface area contributed by atoms with E-state index in [9.17, 15) is 4.79 Å². The van der Waals surface area contributed by atoms with Gasteiger partial charge in [0.15, 0.2) is 17.7 Å². The van der Waals surface area contributed by atoms with Gasteiger partial charge in [0, 0.05) is 18.2 Å². The van der Waals surface area contributed by atoms with Crippen molar-refractivity contribution in [2.45, 2.75) is 32.0 Å². The lowest BCUT2D eigenvalue weighted by molar-refractivity contribution is 0.0379. The second-order valence-corrected chi connectivity index (χ2v) is 6.74. The van der Waals surface area contributed by atoms with E-state index in [0.29, 0.717) is 12.0 Å². The van der Waals surface area contributed by atoms with Gasteiger partial charge in [-0.1, -0.05) is 36.4 Å². The molecule has 1 heterocycles. The zero-order valence-corrected chi connectivity index (χ0v) is 14.7. The predicted molar refractivity (Wildman–Crippen MR) is 95.1 cm³/mol. The first-order valence-electron chi connectivity index (χ1n) is 8.27. The number of carbonyl (C=O) groups excluding carboxylic acids is 1. The van der Waals surface area contributed by atoms with Crippen LogP contribution in [0.2, 0.25) is 0 Å². The minimum absolute atomic E-state index is 0.0816. The number of Topliss-reactive ketones (excluding diaryl/α,β-unsaturated/α-hetero) is 1. The van der Waals surface area contributed by atoms with E-state index in [1.807, 2.05) is 50.2 Å². The monoisotopic (exact) mass is 341 g/mol. The topological polar surface area (TPSA) is 56.8 Å². The zero-order chi connectivity index (χ0) is 17.9. The van der Waals surface area contributed by atoms with Gasteiger partial charge < -0.3 is 14.2 Å². The molecule has 5 nitrogen and oxygen atoms in total. The molecular formula is C20H23NO4. The molecule has 0 aromatic heterocycles. The van der Waals surface area contributed by atoms with E-state index in [-0.39, 0.29) is 18.1 Å². The van der Waals surface area contributed by atoms with Crippen LogP contribution in [-0.4, -0.2) is 31.5 Å². The van der Waals surface area contributed by atoms with Crippen molar-refractivity contribution >= 4 is 5.78 Å². The van der Waals surface area contributed by atoms with E-state index in [1.165, 1.54) is 7.11 Å². The first kappa shape index (κ1) is 17.5. The lowest BCUT2D eigenvalue weighted by atomic mass is 9.94. The molecule has 0 amide bonds. The first-order chi connectivity index (χ1) is 12.0. The van der Waals surface area contributed by atoms with Crippen LogP contribution in [0.4, 0.5) is 0 Å². The maximum atomic E-state index is 12.6. The highest BCUT2D eigenvalue weighted by Crippen LogP contribution is 2.33. The van der Waals surface area contributed by atoms with Gasteiger partial charge in [0.25, 0.3) is 0 Å². The fraction of sp³-hybridized carbons (Fsp3) is 0.350. The van der Waals surface area contributed by atoms with Gasteiger partial charge in [-0.05, 0) is 38.0 Å². The largest absolute Gasteiger partial charge is 0.454 e. The number of ketones is 1. The Bertz CT molecular complexity index is 743. The van der Waals surface area contributed by atoms with Gasteiger partial charge in [0.2, 0.25) is 12.6 Å². The van der Waals surface area contributed by atoms with Crippen molar-refractivity contribution in [3.63, 3.8) is 0 Å². The summed E-state index contributed by atoms with van der Waals surface area (Å²) in [5.74, 6) is 1.45. The molecule has 1 aliphatic rings. The SMILES string of the molecule is COC(NC(C)(C)Cc1ccc2c(c1)OCO2)C(=O)c1ccccc1. The molecule has 0 bridgehead atoms. The summed E-state index contributed by atoms with van der Waals surface area (Å²) in [6.45, 7) is 4.35. The lowest BCUT2D eigenvalue weighted by Crippen LogP contribution is -2.51.